The molecule has 0 aliphatic carbocycles. The summed E-state index contributed by atoms with van der Waals surface area (Å²) in [5.74, 6) is -0.425. The van der Waals surface area contributed by atoms with Crippen LogP contribution in [-0.4, -0.2) is 11.5 Å². The first-order valence-electron chi connectivity index (χ1n) is 6.26. The molecule has 0 saturated heterocycles. The average molecular weight is 354 g/mol. The molecule has 0 aromatic heterocycles. The topological polar surface area (TPSA) is 67.2 Å². The Morgan fingerprint density at radius 3 is 2.62 bits per heavy atom. The van der Waals surface area contributed by atoms with Crippen LogP contribution in [0.25, 0.3) is 0 Å². The summed E-state index contributed by atoms with van der Waals surface area (Å²) in [7, 11) is 0. The van der Waals surface area contributed by atoms with Crippen molar-refractivity contribution in [3.8, 4) is 0 Å². The molecule has 0 radical (unpaired) electrons. The summed E-state index contributed by atoms with van der Waals surface area (Å²) < 4.78 is 13.9. The van der Waals surface area contributed by atoms with E-state index in [9.17, 15) is 14.5 Å². The predicted octanol–water partition coefficient (Wildman–Crippen LogP) is 4.67. The molecule has 5 nitrogen and oxygen atoms in total. The van der Waals surface area contributed by atoms with Crippen molar-refractivity contribution in [1.29, 1.82) is 0 Å². The Balaban J connectivity index is 2.46. The molecule has 0 spiro atoms. The van der Waals surface area contributed by atoms with Gasteiger partial charge in [-0.05, 0) is 53.2 Å². The van der Waals surface area contributed by atoms with Gasteiger partial charge in [0.2, 0.25) is 0 Å². The molecule has 0 atom stereocenters. The van der Waals surface area contributed by atoms with Crippen LogP contribution < -0.4 is 10.6 Å². The molecule has 0 fully saturated rings. The summed E-state index contributed by atoms with van der Waals surface area (Å²) in [4.78, 5) is 10.8. The summed E-state index contributed by atoms with van der Waals surface area (Å²) in [6.45, 7) is 2.42. The molecular weight excluding hydrogens is 341 g/mol. The number of benzene rings is 2. The Labute approximate surface area is 129 Å². The maximum absolute atomic E-state index is 13.3. The molecule has 0 aliphatic heterocycles. The van der Waals surface area contributed by atoms with E-state index in [1.54, 1.807) is 18.2 Å². The molecule has 0 aliphatic rings. The fourth-order valence-electron chi connectivity index (χ4n) is 1.91. The van der Waals surface area contributed by atoms with Crippen molar-refractivity contribution in [3.63, 3.8) is 0 Å². The van der Waals surface area contributed by atoms with E-state index in [2.05, 4.69) is 26.6 Å². The minimum atomic E-state index is -0.465. The second kappa shape index (κ2) is 6.53. The van der Waals surface area contributed by atoms with Gasteiger partial charge in [-0.25, -0.2) is 4.39 Å². The van der Waals surface area contributed by atoms with Crippen LogP contribution in [0.5, 0.6) is 0 Å². The monoisotopic (exact) mass is 353 g/mol. The SMILES string of the molecule is CCNc1cccc(Nc2cc(F)ccc2Br)c1[N+](=O)[O-]. The van der Waals surface area contributed by atoms with E-state index >= 15 is 0 Å². The minimum Gasteiger partial charge on any atom is -0.380 e. The Bertz CT molecular complexity index is 679. The van der Waals surface area contributed by atoms with E-state index in [1.165, 1.54) is 18.2 Å². The van der Waals surface area contributed by atoms with Crippen LogP contribution in [0.15, 0.2) is 40.9 Å². The summed E-state index contributed by atoms with van der Waals surface area (Å²) in [5, 5.41) is 17.1. The molecule has 2 aromatic rings. The van der Waals surface area contributed by atoms with Gasteiger partial charge in [0.1, 0.15) is 17.2 Å². The Kier molecular flexibility index (Phi) is 4.74. The summed E-state index contributed by atoms with van der Waals surface area (Å²) in [5.41, 5.74) is 1.06. The van der Waals surface area contributed by atoms with Gasteiger partial charge in [-0.15, -0.1) is 0 Å². The number of nitrogens with one attached hydrogen (secondary N) is 2. The first kappa shape index (κ1) is 15.2. The normalized spacial score (nSPS) is 10.2. The van der Waals surface area contributed by atoms with Crippen molar-refractivity contribution < 1.29 is 9.31 Å². The van der Waals surface area contributed by atoms with Crippen molar-refractivity contribution in [2.24, 2.45) is 0 Å². The Hall–Kier alpha value is -2.15. The van der Waals surface area contributed by atoms with Crippen molar-refractivity contribution >= 4 is 38.7 Å². The smallest absolute Gasteiger partial charge is 0.315 e. The lowest BCUT2D eigenvalue weighted by Gasteiger charge is -2.12. The van der Waals surface area contributed by atoms with Crippen LogP contribution in [-0.2, 0) is 0 Å². The Morgan fingerprint density at radius 2 is 1.95 bits per heavy atom. The molecule has 2 rings (SSSR count). The van der Waals surface area contributed by atoms with E-state index in [1.807, 2.05) is 6.92 Å². The van der Waals surface area contributed by atoms with Crippen LogP contribution in [0.3, 0.4) is 0 Å². The van der Waals surface area contributed by atoms with Crippen molar-refractivity contribution in [3.05, 3.63) is 56.8 Å². The van der Waals surface area contributed by atoms with Gasteiger partial charge in [-0.1, -0.05) is 6.07 Å². The average Bonchev–Trinajstić information content (AvgIpc) is 2.43. The first-order chi connectivity index (χ1) is 10.0. The van der Waals surface area contributed by atoms with Gasteiger partial charge in [0.15, 0.2) is 0 Å². The molecule has 0 unspecified atom stereocenters. The maximum Gasteiger partial charge on any atom is 0.315 e. The highest BCUT2D eigenvalue weighted by molar-refractivity contribution is 9.10. The van der Waals surface area contributed by atoms with E-state index < -0.39 is 10.7 Å². The molecule has 7 heteroatoms. The highest BCUT2D eigenvalue weighted by Gasteiger charge is 2.20. The third-order valence-electron chi connectivity index (χ3n) is 2.78. The van der Waals surface area contributed by atoms with Gasteiger partial charge >= 0.3 is 5.69 Å². The van der Waals surface area contributed by atoms with Crippen molar-refractivity contribution in [2.75, 3.05) is 17.2 Å². The summed E-state index contributed by atoms with van der Waals surface area (Å²) in [6.07, 6.45) is 0. The standard InChI is InChI=1S/C14H13BrFN3O2/c1-2-17-11-4-3-5-12(14(11)19(20)21)18-13-8-9(16)6-7-10(13)15/h3-8,17-18H,2H2,1H3. The van der Waals surface area contributed by atoms with Gasteiger partial charge < -0.3 is 10.6 Å². The lowest BCUT2D eigenvalue weighted by molar-refractivity contribution is -0.383. The number of anilines is 3. The number of hydrogen-bond acceptors (Lipinski definition) is 4. The van der Waals surface area contributed by atoms with E-state index in [-0.39, 0.29) is 5.69 Å². The van der Waals surface area contributed by atoms with Gasteiger partial charge in [0.25, 0.3) is 0 Å². The maximum atomic E-state index is 13.3. The van der Waals surface area contributed by atoms with E-state index in [0.29, 0.717) is 28.1 Å². The van der Waals surface area contributed by atoms with Crippen LogP contribution in [0.1, 0.15) is 6.92 Å². The second-order valence-corrected chi connectivity index (χ2v) is 5.09. The van der Waals surface area contributed by atoms with Crippen LogP contribution in [0, 0.1) is 15.9 Å². The van der Waals surface area contributed by atoms with Crippen molar-refractivity contribution in [2.45, 2.75) is 6.92 Å². The largest absolute Gasteiger partial charge is 0.380 e. The van der Waals surface area contributed by atoms with Crippen LogP contribution >= 0.6 is 15.9 Å². The summed E-state index contributed by atoms with van der Waals surface area (Å²) in [6, 6.07) is 9.02. The highest BCUT2D eigenvalue weighted by atomic mass is 79.9. The number of rotatable bonds is 5. The zero-order valence-corrected chi connectivity index (χ0v) is 12.8. The zero-order chi connectivity index (χ0) is 15.4. The van der Waals surface area contributed by atoms with E-state index in [4.69, 9.17) is 0 Å². The fraction of sp³-hybridized carbons (Fsp3) is 0.143. The van der Waals surface area contributed by atoms with Crippen LogP contribution in [0.2, 0.25) is 0 Å². The van der Waals surface area contributed by atoms with Gasteiger partial charge in [0.05, 0.1) is 10.6 Å². The van der Waals surface area contributed by atoms with Crippen LogP contribution in [0.4, 0.5) is 27.1 Å². The molecule has 2 N–H and O–H groups in total. The number of nitro benzene ring substituents is 1. The van der Waals surface area contributed by atoms with Gasteiger partial charge in [-0.3, -0.25) is 10.1 Å². The lowest BCUT2D eigenvalue weighted by atomic mass is 10.2. The molecule has 2 aromatic carbocycles. The highest BCUT2D eigenvalue weighted by Crippen LogP contribution is 2.36. The molecule has 0 heterocycles. The van der Waals surface area contributed by atoms with Crippen molar-refractivity contribution in [1.82, 2.24) is 0 Å². The number of nitro groups is 1. The first-order valence-corrected chi connectivity index (χ1v) is 7.05. The second-order valence-electron chi connectivity index (χ2n) is 4.24. The molecule has 0 bridgehead atoms. The lowest BCUT2D eigenvalue weighted by Crippen LogP contribution is -2.04. The number of hydrogen-bond donors (Lipinski definition) is 2. The molecule has 0 saturated carbocycles. The molecule has 21 heavy (non-hydrogen) atoms. The predicted molar refractivity (Wildman–Crippen MR) is 84.6 cm³/mol. The zero-order valence-electron chi connectivity index (χ0n) is 11.2. The summed E-state index contributed by atoms with van der Waals surface area (Å²) >= 11 is 3.28. The quantitative estimate of drug-likeness (QED) is 0.605. The number of para-hydroxylation sites is 1. The Morgan fingerprint density at radius 1 is 1.24 bits per heavy atom. The third kappa shape index (κ3) is 3.49. The minimum absolute atomic E-state index is 0.0736. The van der Waals surface area contributed by atoms with E-state index in [0.717, 1.165) is 0 Å². The van der Waals surface area contributed by atoms with Gasteiger partial charge in [-0.2, -0.15) is 0 Å². The fourth-order valence-corrected chi connectivity index (χ4v) is 2.26. The molecular formula is C14H13BrFN3O2. The number of nitrogens with zero attached hydrogens (tertiary/aromatic N) is 1. The van der Waals surface area contributed by atoms with Gasteiger partial charge in [0, 0.05) is 11.0 Å². The third-order valence-corrected chi connectivity index (χ3v) is 3.48. The molecule has 0 amide bonds. The number of halogens is 2. The molecule has 110 valence electrons.